The molecule has 0 spiro atoms. The van der Waals surface area contributed by atoms with Crippen LogP contribution < -0.4 is 0 Å². The number of nitro benzene ring substituents is 1. The highest BCUT2D eigenvalue weighted by atomic mass is 19.1. The van der Waals surface area contributed by atoms with E-state index in [1.807, 2.05) is 7.05 Å². The average Bonchev–Trinajstić information content (AvgIpc) is 2.83. The van der Waals surface area contributed by atoms with E-state index in [1.165, 1.54) is 11.0 Å². The van der Waals surface area contributed by atoms with E-state index in [1.54, 1.807) is 7.05 Å². The van der Waals surface area contributed by atoms with Crippen molar-refractivity contribution in [2.75, 3.05) is 27.2 Å². The highest BCUT2D eigenvalue weighted by Crippen LogP contribution is 2.20. The van der Waals surface area contributed by atoms with Crippen molar-refractivity contribution in [3.8, 4) is 0 Å². The molecule has 1 aliphatic heterocycles. The minimum atomic E-state index is -0.935. The number of carbonyl (C=O) groups is 1. The summed E-state index contributed by atoms with van der Waals surface area (Å²) in [6.45, 7) is 1.56. The van der Waals surface area contributed by atoms with Gasteiger partial charge >= 0.3 is 5.69 Å². The topological polar surface area (TPSA) is 66.7 Å². The molecule has 1 unspecified atom stereocenters. The number of nitrogens with zero attached hydrogens (tertiary/aromatic N) is 3. The predicted octanol–water partition coefficient (Wildman–Crippen LogP) is 1.90. The van der Waals surface area contributed by atoms with Gasteiger partial charge in [0.1, 0.15) is 0 Å². The molecule has 1 fully saturated rings. The summed E-state index contributed by atoms with van der Waals surface area (Å²) in [5.74, 6) is -1.27. The van der Waals surface area contributed by atoms with Crippen LogP contribution in [0, 0.1) is 15.9 Å². The summed E-state index contributed by atoms with van der Waals surface area (Å²) < 4.78 is 13.3. The van der Waals surface area contributed by atoms with Crippen molar-refractivity contribution in [1.29, 1.82) is 0 Å². The Morgan fingerprint density at radius 2 is 2.29 bits per heavy atom. The third kappa shape index (κ3) is 3.36. The third-order valence-corrected chi connectivity index (χ3v) is 3.89. The van der Waals surface area contributed by atoms with E-state index in [0.29, 0.717) is 12.6 Å². The fourth-order valence-electron chi connectivity index (χ4n) is 2.61. The highest BCUT2D eigenvalue weighted by molar-refractivity contribution is 5.94. The number of likely N-dealkylation sites (tertiary alicyclic amines) is 1. The van der Waals surface area contributed by atoms with Crippen molar-refractivity contribution >= 4 is 11.6 Å². The van der Waals surface area contributed by atoms with E-state index in [2.05, 4.69) is 4.90 Å². The summed E-state index contributed by atoms with van der Waals surface area (Å²) in [7, 11) is 3.67. The van der Waals surface area contributed by atoms with Crippen molar-refractivity contribution in [1.82, 2.24) is 9.80 Å². The van der Waals surface area contributed by atoms with Gasteiger partial charge in [0.2, 0.25) is 5.82 Å². The fourth-order valence-corrected chi connectivity index (χ4v) is 2.61. The Morgan fingerprint density at radius 3 is 2.86 bits per heavy atom. The monoisotopic (exact) mass is 295 g/mol. The molecule has 1 aromatic rings. The van der Waals surface area contributed by atoms with Crippen LogP contribution in [0.3, 0.4) is 0 Å². The molecule has 1 amide bonds. The number of rotatable bonds is 4. The van der Waals surface area contributed by atoms with Crippen LogP contribution in [0.4, 0.5) is 10.1 Å². The van der Waals surface area contributed by atoms with Crippen LogP contribution in [-0.2, 0) is 0 Å². The van der Waals surface area contributed by atoms with E-state index in [4.69, 9.17) is 0 Å². The van der Waals surface area contributed by atoms with Crippen LogP contribution in [0.25, 0.3) is 0 Å². The largest absolute Gasteiger partial charge is 0.340 e. The first-order valence-corrected chi connectivity index (χ1v) is 6.80. The molecule has 1 atom stereocenters. The summed E-state index contributed by atoms with van der Waals surface area (Å²) in [5.41, 5.74) is -0.543. The van der Waals surface area contributed by atoms with Gasteiger partial charge in [0.05, 0.1) is 4.92 Å². The Morgan fingerprint density at radius 1 is 1.57 bits per heavy atom. The number of carbonyl (C=O) groups excluding carboxylic acids is 1. The lowest BCUT2D eigenvalue weighted by atomic mass is 10.1. The number of likely N-dealkylation sites (N-methyl/N-ethyl adjacent to an activating group) is 2. The second-order valence-corrected chi connectivity index (χ2v) is 5.39. The smallest absolute Gasteiger partial charge is 0.305 e. The van der Waals surface area contributed by atoms with Gasteiger partial charge in [-0.05, 0) is 38.6 Å². The molecule has 0 aromatic heterocycles. The van der Waals surface area contributed by atoms with Crippen LogP contribution in [0.15, 0.2) is 18.2 Å². The first-order valence-electron chi connectivity index (χ1n) is 6.80. The fraction of sp³-hybridized carbons (Fsp3) is 0.500. The summed E-state index contributed by atoms with van der Waals surface area (Å²) in [6, 6.07) is 3.53. The first kappa shape index (κ1) is 15.4. The lowest BCUT2D eigenvalue weighted by molar-refractivity contribution is -0.387. The molecular formula is C14H18FN3O3. The third-order valence-electron chi connectivity index (χ3n) is 3.89. The molecule has 2 rings (SSSR count). The molecule has 0 aliphatic carbocycles. The van der Waals surface area contributed by atoms with Gasteiger partial charge in [-0.25, -0.2) is 0 Å². The van der Waals surface area contributed by atoms with Gasteiger partial charge in [0.15, 0.2) is 0 Å². The Hall–Kier alpha value is -2.02. The maximum absolute atomic E-state index is 13.3. The van der Waals surface area contributed by atoms with Crippen LogP contribution in [0.2, 0.25) is 0 Å². The zero-order valence-corrected chi connectivity index (χ0v) is 12.1. The molecule has 6 nitrogen and oxygen atoms in total. The molecular weight excluding hydrogens is 277 g/mol. The minimum absolute atomic E-state index is 0.131. The zero-order valence-electron chi connectivity index (χ0n) is 12.1. The number of hydrogen-bond acceptors (Lipinski definition) is 4. The van der Waals surface area contributed by atoms with Crippen LogP contribution in [-0.4, -0.2) is 53.9 Å². The molecule has 0 saturated carbocycles. The Balaban J connectivity index is 2.12. The van der Waals surface area contributed by atoms with Crippen LogP contribution in [0.5, 0.6) is 0 Å². The molecule has 0 bridgehead atoms. The summed E-state index contributed by atoms with van der Waals surface area (Å²) in [5, 5.41) is 10.7. The van der Waals surface area contributed by atoms with Gasteiger partial charge in [-0.1, -0.05) is 0 Å². The van der Waals surface area contributed by atoms with Crippen LogP contribution in [0.1, 0.15) is 23.2 Å². The summed E-state index contributed by atoms with van der Waals surface area (Å²) >= 11 is 0. The molecule has 0 radical (unpaired) electrons. The molecule has 1 aromatic carbocycles. The summed E-state index contributed by atoms with van der Waals surface area (Å²) in [6.07, 6.45) is 2.13. The molecule has 1 saturated heterocycles. The van der Waals surface area contributed by atoms with Gasteiger partial charge in [-0.3, -0.25) is 14.9 Å². The van der Waals surface area contributed by atoms with Crippen molar-refractivity contribution in [3.05, 3.63) is 39.7 Å². The van der Waals surface area contributed by atoms with Crippen molar-refractivity contribution in [2.24, 2.45) is 0 Å². The summed E-state index contributed by atoms with van der Waals surface area (Å²) in [4.78, 5) is 25.9. The SMILES string of the molecule is CN(CC1CCCN1C)C(=O)c1ccc(F)c([N+](=O)[O-])c1. The van der Waals surface area contributed by atoms with E-state index in [-0.39, 0.29) is 11.5 Å². The van der Waals surface area contributed by atoms with Crippen LogP contribution >= 0.6 is 0 Å². The zero-order chi connectivity index (χ0) is 15.6. The van der Waals surface area contributed by atoms with Gasteiger partial charge in [-0.15, -0.1) is 0 Å². The minimum Gasteiger partial charge on any atom is -0.340 e. The van der Waals surface area contributed by atoms with Gasteiger partial charge < -0.3 is 9.80 Å². The number of benzene rings is 1. The number of halogens is 1. The number of amides is 1. The lowest BCUT2D eigenvalue weighted by Gasteiger charge is -2.25. The maximum atomic E-state index is 13.3. The normalized spacial score (nSPS) is 18.7. The van der Waals surface area contributed by atoms with Gasteiger partial charge in [-0.2, -0.15) is 4.39 Å². The molecule has 114 valence electrons. The Labute approximate surface area is 122 Å². The maximum Gasteiger partial charge on any atom is 0.305 e. The highest BCUT2D eigenvalue weighted by Gasteiger charge is 2.25. The standard InChI is InChI=1S/C14H18FN3O3/c1-16-7-3-4-11(16)9-17(2)14(19)10-5-6-12(15)13(8-10)18(20)21/h5-6,8,11H,3-4,7,9H2,1-2H3. The van der Waals surface area contributed by atoms with E-state index in [0.717, 1.165) is 31.5 Å². The molecule has 7 heteroatoms. The molecule has 1 aliphatic rings. The molecule has 21 heavy (non-hydrogen) atoms. The number of nitro groups is 1. The Kier molecular flexibility index (Phi) is 4.52. The molecule has 1 heterocycles. The van der Waals surface area contributed by atoms with E-state index < -0.39 is 16.4 Å². The van der Waals surface area contributed by atoms with Gasteiger partial charge in [0.25, 0.3) is 5.91 Å². The quantitative estimate of drug-likeness (QED) is 0.628. The van der Waals surface area contributed by atoms with Gasteiger partial charge in [0, 0.05) is 31.3 Å². The van der Waals surface area contributed by atoms with Crippen molar-refractivity contribution in [2.45, 2.75) is 18.9 Å². The second-order valence-electron chi connectivity index (χ2n) is 5.39. The van der Waals surface area contributed by atoms with E-state index in [9.17, 15) is 19.3 Å². The van der Waals surface area contributed by atoms with Crippen molar-refractivity contribution < 1.29 is 14.1 Å². The molecule has 0 N–H and O–H groups in total. The first-order chi connectivity index (χ1) is 9.90. The number of hydrogen-bond donors (Lipinski definition) is 0. The predicted molar refractivity (Wildman–Crippen MR) is 75.7 cm³/mol. The van der Waals surface area contributed by atoms with Crippen molar-refractivity contribution in [3.63, 3.8) is 0 Å². The average molecular weight is 295 g/mol. The van der Waals surface area contributed by atoms with E-state index >= 15 is 0 Å². The lowest BCUT2D eigenvalue weighted by Crippen LogP contribution is -2.39. The Bertz CT molecular complexity index is 564. The second kappa shape index (κ2) is 6.17.